The van der Waals surface area contributed by atoms with Crippen molar-refractivity contribution in [1.29, 1.82) is 0 Å². The third-order valence-corrected chi connectivity index (χ3v) is 8.50. The summed E-state index contributed by atoms with van der Waals surface area (Å²) in [6.07, 6.45) is -0.145. The van der Waals surface area contributed by atoms with Crippen molar-refractivity contribution in [3.63, 3.8) is 0 Å². The topological polar surface area (TPSA) is 70.6 Å². The second-order valence-electron chi connectivity index (χ2n) is 6.56. The summed E-state index contributed by atoms with van der Waals surface area (Å²) in [5, 5.41) is 14.7. The van der Waals surface area contributed by atoms with Gasteiger partial charge in [-0.25, -0.2) is 4.79 Å². The van der Waals surface area contributed by atoms with Gasteiger partial charge < -0.3 is 20.2 Å². The first-order chi connectivity index (χ1) is 8.12. The summed E-state index contributed by atoms with van der Waals surface area (Å²) < 4.78 is 6.13. The Bertz CT molecular complexity index is 302. The molecule has 2 atom stereocenters. The first-order valence-corrected chi connectivity index (χ1v) is 9.39. The van der Waals surface area contributed by atoms with Crippen molar-refractivity contribution in [3.8, 4) is 0 Å². The zero-order valence-electron chi connectivity index (χ0n) is 12.0. The quantitative estimate of drug-likeness (QED) is 0.686. The predicted octanol–water partition coefficient (Wildman–Crippen LogP) is 2.01. The third kappa shape index (κ3) is 4.26. The van der Waals surface area contributed by atoms with Crippen LogP contribution in [0, 0.1) is 0 Å². The van der Waals surface area contributed by atoms with Crippen molar-refractivity contribution in [2.45, 2.75) is 57.4 Å². The van der Waals surface area contributed by atoms with Crippen LogP contribution in [-0.4, -0.2) is 44.8 Å². The van der Waals surface area contributed by atoms with Crippen LogP contribution < -0.4 is 10.6 Å². The molecule has 0 aromatic heterocycles. The zero-order chi connectivity index (χ0) is 14.0. The van der Waals surface area contributed by atoms with Crippen molar-refractivity contribution in [2.24, 2.45) is 0 Å². The Hall–Kier alpha value is -0.593. The van der Waals surface area contributed by atoms with Crippen LogP contribution in [-0.2, 0) is 4.43 Å². The number of carboxylic acid groups (broad SMARTS) is 1. The summed E-state index contributed by atoms with van der Waals surface area (Å²) in [7, 11) is -1.70. The maximum atomic E-state index is 10.5. The Labute approximate surface area is 110 Å². The van der Waals surface area contributed by atoms with E-state index >= 15 is 0 Å². The Morgan fingerprint density at radius 3 is 2.61 bits per heavy atom. The average Bonchev–Trinajstić information content (AvgIpc) is 2.60. The predicted molar refractivity (Wildman–Crippen MR) is 74.5 cm³/mol. The lowest BCUT2D eigenvalue weighted by molar-refractivity contribution is 0.190. The average molecular weight is 274 g/mol. The SMILES string of the molecule is CC(C)(C)[Si](C)(C)OC[C@@H]1C[C@@H](NC(=O)O)CN1. The first kappa shape index (κ1) is 15.5. The van der Waals surface area contributed by atoms with Gasteiger partial charge in [-0.05, 0) is 24.6 Å². The van der Waals surface area contributed by atoms with Crippen molar-refractivity contribution < 1.29 is 14.3 Å². The highest BCUT2D eigenvalue weighted by atomic mass is 28.4. The Kier molecular flexibility index (Phi) is 4.80. The van der Waals surface area contributed by atoms with Crippen molar-refractivity contribution in [1.82, 2.24) is 10.6 Å². The molecule has 6 heteroatoms. The van der Waals surface area contributed by atoms with Crippen LogP contribution in [0.3, 0.4) is 0 Å². The van der Waals surface area contributed by atoms with Crippen LogP contribution in [0.4, 0.5) is 4.79 Å². The molecular weight excluding hydrogens is 248 g/mol. The van der Waals surface area contributed by atoms with Gasteiger partial charge in [0.25, 0.3) is 0 Å². The normalized spacial score (nSPS) is 25.2. The van der Waals surface area contributed by atoms with Gasteiger partial charge in [0.15, 0.2) is 8.32 Å². The van der Waals surface area contributed by atoms with E-state index in [-0.39, 0.29) is 17.1 Å². The van der Waals surface area contributed by atoms with Gasteiger partial charge in [-0.3, -0.25) is 0 Å². The molecule has 0 aromatic rings. The lowest BCUT2D eigenvalue weighted by atomic mass is 10.2. The molecule has 1 rings (SSSR count). The van der Waals surface area contributed by atoms with E-state index < -0.39 is 14.4 Å². The molecule has 0 unspecified atom stereocenters. The van der Waals surface area contributed by atoms with Crippen LogP contribution >= 0.6 is 0 Å². The van der Waals surface area contributed by atoms with E-state index in [2.05, 4.69) is 44.5 Å². The zero-order valence-corrected chi connectivity index (χ0v) is 13.0. The molecule has 0 spiro atoms. The molecule has 0 bridgehead atoms. The van der Waals surface area contributed by atoms with Crippen LogP contribution in [0.2, 0.25) is 18.1 Å². The molecule has 0 radical (unpaired) electrons. The molecule has 1 heterocycles. The van der Waals surface area contributed by atoms with Gasteiger partial charge in [-0.1, -0.05) is 20.8 Å². The number of hydrogen-bond acceptors (Lipinski definition) is 3. The van der Waals surface area contributed by atoms with Gasteiger partial charge in [0.2, 0.25) is 0 Å². The fraction of sp³-hybridized carbons (Fsp3) is 0.917. The molecule has 1 aliphatic heterocycles. The monoisotopic (exact) mass is 274 g/mol. The summed E-state index contributed by atoms with van der Waals surface area (Å²) in [5.41, 5.74) is 0. The summed E-state index contributed by atoms with van der Waals surface area (Å²) >= 11 is 0. The summed E-state index contributed by atoms with van der Waals surface area (Å²) in [6.45, 7) is 12.5. The molecular formula is C12H26N2O3Si. The number of nitrogens with one attached hydrogen (secondary N) is 2. The van der Waals surface area contributed by atoms with E-state index in [4.69, 9.17) is 9.53 Å². The largest absolute Gasteiger partial charge is 0.465 e. The van der Waals surface area contributed by atoms with Gasteiger partial charge in [-0.2, -0.15) is 0 Å². The lowest BCUT2D eigenvalue weighted by Gasteiger charge is -2.37. The maximum absolute atomic E-state index is 10.5. The molecule has 5 nitrogen and oxygen atoms in total. The van der Waals surface area contributed by atoms with Crippen LogP contribution in [0.25, 0.3) is 0 Å². The smallest absolute Gasteiger partial charge is 0.404 e. The van der Waals surface area contributed by atoms with E-state index in [1.165, 1.54) is 0 Å². The summed E-state index contributed by atoms with van der Waals surface area (Å²) in [5.74, 6) is 0. The van der Waals surface area contributed by atoms with Crippen LogP contribution in [0.1, 0.15) is 27.2 Å². The summed E-state index contributed by atoms with van der Waals surface area (Å²) in [4.78, 5) is 10.5. The van der Waals surface area contributed by atoms with Crippen LogP contribution in [0.15, 0.2) is 0 Å². The van der Waals surface area contributed by atoms with Gasteiger partial charge in [0.1, 0.15) is 0 Å². The van der Waals surface area contributed by atoms with E-state index in [0.717, 1.165) is 6.42 Å². The van der Waals surface area contributed by atoms with Crippen LogP contribution in [0.5, 0.6) is 0 Å². The maximum Gasteiger partial charge on any atom is 0.404 e. The van der Waals surface area contributed by atoms with E-state index in [0.29, 0.717) is 13.2 Å². The minimum absolute atomic E-state index is 0.00974. The summed E-state index contributed by atoms with van der Waals surface area (Å²) in [6, 6.07) is 0.270. The highest BCUT2D eigenvalue weighted by Crippen LogP contribution is 2.36. The van der Waals surface area contributed by atoms with E-state index in [1.807, 2.05) is 0 Å². The third-order valence-electron chi connectivity index (χ3n) is 4.00. The second-order valence-corrected chi connectivity index (χ2v) is 11.4. The standard InChI is InChI=1S/C12H26N2O3Si/c1-12(2,3)18(4,5)17-8-10-6-9(7-13-10)14-11(15)16/h9-10,13-14H,6-8H2,1-5H3,(H,15,16)/t9-,10+/m1/s1. The molecule has 0 aliphatic carbocycles. The fourth-order valence-electron chi connectivity index (χ4n) is 1.76. The Morgan fingerprint density at radius 2 is 2.11 bits per heavy atom. The number of amides is 1. The number of hydrogen-bond donors (Lipinski definition) is 3. The molecule has 1 saturated heterocycles. The molecule has 106 valence electrons. The number of rotatable bonds is 4. The Balaban J connectivity index is 2.36. The van der Waals surface area contributed by atoms with Gasteiger partial charge in [0.05, 0.1) is 0 Å². The van der Waals surface area contributed by atoms with Crippen molar-refractivity contribution >= 4 is 14.4 Å². The molecule has 18 heavy (non-hydrogen) atoms. The molecule has 0 aromatic carbocycles. The van der Waals surface area contributed by atoms with E-state index in [9.17, 15) is 4.79 Å². The molecule has 1 fully saturated rings. The highest BCUT2D eigenvalue weighted by molar-refractivity contribution is 6.74. The van der Waals surface area contributed by atoms with Gasteiger partial charge in [0, 0.05) is 25.2 Å². The van der Waals surface area contributed by atoms with Gasteiger partial charge >= 0.3 is 6.09 Å². The first-order valence-electron chi connectivity index (χ1n) is 6.48. The molecule has 1 aliphatic rings. The number of carbonyl (C=O) groups is 1. The second kappa shape index (κ2) is 5.58. The van der Waals surface area contributed by atoms with Gasteiger partial charge in [-0.15, -0.1) is 0 Å². The lowest BCUT2D eigenvalue weighted by Crippen LogP contribution is -2.43. The fourth-order valence-corrected chi connectivity index (χ4v) is 2.81. The van der Waals surface area contributed by atoms with Crippen molar-refractivity contribution in [3.05, 3.63) is 0 Å². The minimum Gasteiger partial charge on any atom is -0.465 e. The molecule has 1 amide bonds. The van der Waals surface area contributed by atoms with Crippen molar-refractivity contribution in [2.75, 3.05) is 13.2 Å². The van der Waals surface area contributed by atoms with E-state index in [1.54, 1.807) is 0 Å². The Morgan fingerprint density at radius 1 is 1.50 bits per heavy atom. The minimum atomic E-state index is -1.70. The molecule has 0 saturated carbocycles. The molecule has 3 N–H and O–H groups in total. The highest BCUT2D eigenvalue weighted by Gasteiger charge is 2.38.